The fourth-order valence-corrected chi connectivity index (χ4v) is 1.57. The van der Waals surface area contributed by atoms with Crippen LogP contribution in [0.25, 0.3) is 0 Å². The fraction of sp³-hybridized carbons (Fsp3) is 0.0833. The minimum atomic E-state index is -0.905. The van der Waals surface area contributed by atoms with E-state index in [2.05, 4.69) is 9.97 Å². The van der Waals surface area contributed by atoms with Crippen LogP contribution in [0.2, 0.25) is 0 Å². The Morgan fingerprint density at radius 1 is 1.18 bits per heavy atom. The number of rotatable bonds is 3. The van der Waals surface area contributed by atoms with Crippen LogP contribution < -0.4 is 0 Å². The van der Waals surface area contributed by atoms with Crippen molar-refractivity contribution in [3.63, 3.8) is 0 Å². The van der Waals surface area contributed by atoms with Crippen molar-refractivity contribution in [3.05, 3.63) is 59.9 Å². The molecular formula is C12H8ClFN2O. The Morgan fingerprint density at radius 2 is 1.76 bits per heavy atom. The van der Waals surface area contributed by atoms with Crippen molar-refractivity contribution in [2.75, 3.05) is 0 Å². The predicted octanol–water partition coefficient (Wildman–Crippen LogP) is 2.78. The molecule has 0 fully saturated rings. The average molecular weight is 251 g/mol. The molecule has 0 bridgehead atoms. The molecule has 86 valence electrons. The highest BCUT2D eigenvalue weighted by molar-refractivity contribution is 6.33. The minimum Gasteiger partial charge on any atom is -0.289 e. The third-order valence-corrected chi connectivity index (χ3v) is 2.63. The lowest BCUT2D eigenvalue weighted by molar-refractivity contribution is 0.0977. The summed E-state index contributed by atoms with van der Waals surface area (Å²) in [6.07, 6.45) is 2.93. The molecule has 3 nitrogen and oxygen atoms in total. The van der Waals surface area contributed by atoms with Gasteiger partial charge in [0.25, 0.3) is 0 Å². The molecule has 0 saturated carbocycles. The summed E-state index contributed by atoms with van der Waals surface area (Å²) in [7, 11) is 0. The van der Waals surface area contributed by atoms with Gasteiger partial charge in [0, 0.05) is 12.4 Å². The zero-order valence-electron chi connectivity index (χ0n) is 8.68. The number of hydrogen-bond acceptors (Lipinski definition) is 3. The zero-order chi connectivity index (χ0) is 12.3. The van der Waals surface area contributed by atoms with Crippen molar-refractivity contribution in [2.24, 2.45) is 0 Å². The summed E-state index contributed by atoms with van der Waals surface area (Å²) in [6.45, 7) is 0. The number of ketones is 1. The summed E-state index contributed by atoms with van der Waals surface area (Å²) in [5.74, 6) is -0.725. The van der Waals surface area contributed by atoms with E-state index in [9.17, 15) is 9.18 Å². The van der Waals surface area contributed by atoms with Gasteiger partial charge in [0.2, 0.25) is 5.78 Å². The number of halogens is 2. The topological polar surface area (TPSA) is 42.9 Å². The molecule has 2 aromatic rings. The second-order valence-electron chi connectivity index (χ2n) is 3.35. The van der Waals surface area contributed by atoms with Gasteiger partial charge < -0.3 is 0 Å². The summed E-state index contributed by atoms with van der Waals surface area (Å²) in [5.41, 5.74) is 0.519. The summed E-state index contributed by atoms with van der Waals surface area (Å²) in [5, 5.41) is -0.905. The summed E-state index contributed by atoms with van der Waals surface area (Å²) in [6, 6.07) is 7.05. The van der Waals surface area contributed by atoms with E-state index in [0.717, 1.165) is 0 Å². The van der Waals surface area contributed by atoms with E-state index in [1.165, 1.54) is 36.7 Å². The van der Waals surface area contributed by atoms with Gasteiger partial charge in [-0.3, -0.25) is 4.79 Å². The molecule has 2 rings (SSSR count). The van der Waals surface area contributed by atoms with E-state index in [4.69, 9.17) is 11.6 Å². The number of carbonyl (C=O) groups is 1. The zero-order valence-corrected chi connectivity index (χ0v) is 9.43. The van der Waals surface area contributed by atoms with Crippen LogP contribution in [0.15, 0.2) is 42.7 Å². The van der Waals surface area contributed by atoms with Crippen molar-refractivity contribution < 1.29 is 9.18 Å². The fourth-order valence-electron chi connectivity index (χ4n) is 1.32. The first-order valence-corrected chi connectivity index (χ1v) is 5.33. The van der Waals surface area contributed by atoms with Crippen LogP contribution >= 0.6 is 11.6 Å². The molecule has 1 heterocycles. The lowest BCUT2D eigenvalue weighted by Gasteiger charge is -2.07. The van der Waals surface area contributed by atoms with Gasteiger partial charge in [0.15, 0.2) is 5.82 Å². The van der Waals surface area contributed by atoms with Crippen LogP contribution in [0.5, 0.6) is 0 Å². The van der Waals surface area contributed by atoms with Gasteiger partial charge in [0.1, 0.15) is 11.2 Å². The van der Waals surface area contributed by atoms with Crippen LogP contribution in [0.4, 0.5) is 4.39 Å². The van der Waals surface area contributed by atoms with Gasteiger partial charge >= 0.3 is 0 Å². The van der Waals surface area contributed by atoms with E-state index in [0.29, 0.717) is 5.56 Å². The second-order valence-corrected chi connectivity index (χ2v) is 3.79. The molecular weight excluding hydrogens is 243 g/mol. The Hall–Kier alpha value is -1.81. The van der Waals surface area contributed by atoms with E-state index in [1.807, 2.05) is 0 Å². The molecule has 5 heteroatoms. The maximum atomic E-state index is 12.7. The third-order valence-electron chi connectivity index (χ3n) is 2.18. The molecule has 0 amide bonds. The molecule has 0 radical (unpaired) electrons. The van der Waals surface area contributed by atoms with Crippen LogP contribution in [0.1, 0.15) is 21.6 Å². The first-order chi connectivity index (χ1) is 8.18. The minimum absolute atomic E-state index is 0.0526. The molecule has 0 N–H and O–H groups in total. The molecule has 0 spiro atoms. The summed E-state index contributed by atoms with van der Waals surface area (Å²) < 4.78 is 12.7. The Kier molecular flexibility index (Phi) is 3.44. The number of alkyl halides is 1. The van der Waals surface area contributed by atoms with Crippen LogP contribution in [0, 0.1) is 5.82 Å². The van der Waals surface area contributed by atoms with E-state index < -0.39 is 11.2 Å². The largest absolute Gasteiger partial charge is 0.289 e. The second kappa shape index (κ2) is 5.01. The molecule has 1 aromatic heterocycles. The average Bonchev–Trinajstić information content (AvgIpc) is 2.39. The van der Waals surface area contributed by atoms with Gasteiger partial charge in [-0.15, -0.1) is 11.6 Å². The smallest absolute Gasteiger partial charge is 0.222 e. The SMILES string of the molecule is O=C(c1ncccn1)C(Cl)c1ccc(F)cc1. The summed E-state index contributed by atoms with van der Waals surface area (Å²) in [4.78, 5) is 19.5. The lowest BCUT2D eigenvalue weighted by atomic mass is 10.1. The predicted molar refractivity (Wildman–Crippen MR) is 61.4 cm³/mol. The highest BCUT2D eigenvalue weighted by atomic mass is 35.5. The monoisotopic (exact) mass is 250 g/mol. The van der Waals surface area contributed by atoms with Gasteiger partial charge in [-0.05, 0) is 23.8 Å². The molecule has 17 heavy (non-hydrogen) atoms. The Morgan fingerprint density at radius 3 is 2.35 bits per heavy atom. The van der Waals surface area contributed by atoms with Gasteiger partial charge in [-0.2, -0.15) is 0 Å². The number of benzene rings is 1. The molecule has 1 unspecified atom stereocenters. The number of carbonyl (C=O) groups excluding carboxylic acids is 1. The van der Waals surface area contributed by atoms with E-state index in [-0.39, 0.29) is 11.6 Å². The van der Waals surface area contributed by atoms with Crippen molar-refractivity contribution >= 4 is 17.4 Å². The maximum Gasteiger partial charge on any atom is 0.222 e. The van der Waals surface area contributed by atoms with Gasteiger partial charge in [-0.1, -0.05) is 12.1 Å². The van der Waals surface area contributed by atoms with Crippen LogP contribution in [-0.2, 0) is 0 Å². The maximum absolute atomic E-state index is 12.7. The summed E-state index contributed by atoms with van der Waals surface area (Å²) >= 11 is 5.99. The quantitative estimate of drug-likeness (QED) is 0.621. The highest BCUT2D eigenvalue weighted by Crippen LogP contribution is 2.23. The third kappa shape index (κ3) is 2.65. The van der Waals surface area contributed by atoms with Crippen LogP contribution in [0.3, 0.4) is 0 Å². The first-order valence-electron chi connectivity index (χ1n) is 4.89. The van der Waals surface area contributed by atoms with Gasteiger partial charge in [-0.25, -0.2) is 14.4 Å². The normalized spacial score (nSPS) is 12.1. The number of aromatic nitrogens is 2. The molecule has 0 aliphatic rings. The standard InChI is InChI=1S/C12H8ClFN2O/c13-10(8-2-4-9(14)5-3-8)11(17)12-15-6-1-7-16-12/h1-7,10H. The number of nitrogens with zero attached hydrogens (tertiary/aromatic N) is 2. The van der Waals surface area contributed by atoms with E-state index in [1.54, 1.807) is 6.07 Å². The molecule has 1 atom stereocenters. The number of hydrogen-bond donors (Lipinski definition) is 0. The molecule has 0 saturated heterocycles. The van der Waals surface area contributed by atoms with Crippen LogP contribution in [-0.4, -0.2) is 15.8 Å². The van der Waals surface area contributed by atoms with Crippen molar-refractivity contribution in [2.45, 2.75) is 5.38 Å². The van der Waals surface area contributed by atoms with Crippen molar-refractivity contribution in [1.29, 1.82) is 0 Å². The van der Waals surface area contributed by atoms with Crippen molar-refractivity contribution in [3.8, 4) is 0 Å². The van der Waals surface area contributed by atoms with Crippen molar-refractivity contribution in [1.82, 2.24) is 9.97 Å². The molecule has 0 aliphatic carbocycles. The highest BCUT2D eigenvalue weighted by Gasteiger charge is 2.21. The molecule has 0 aliphatic heterocycles. The Labute approximate surface area is 102 Å². The lowest BCUT2D eigenvalue weighted by Crippen LogP contribution is -2.11. The number of Topliss-reactive ketones (excluding diaryl/α,β-unsaturated/α-hetero) is 1. The Bertz CT molecular complexity index is 516. The van der Waals surface area contributed by atoms with Gasteiger partial charge in [0.05, 0.1) is 0 Å². The first kappa shape index (κ1) is 11.7. The Balaban J connectivity index is 2.23. The van der Waals surface area contributed by atoms with E-state index >= 15 is 0 Å². The molecule has 1 aromatic carbocycles.